The first-order chi connectivity index (χ1) is 70.0. The van der Waals surface area contributed by atoms with Gasteiger partial charge < -0.3 is 76.2 Å². The highest BCUT2D eigenvalue weighted by Crippen LogP contribution is 2.69. The van der Waals surface area contributed by atoms with Gasteiger partial charge in [-0.3, -0.25) is 67.1 Å². The van der Waals surface area contributed by atoms with Crippen LogP contribution in [0.15, 0.2) is 0 Å². The zero-order valence-electron chi connectivity index (χ0n) is 93.7. The van der Waals surface area contributed by atoms with Crippen LogP contribution in [0.5, 0.6) is 0 Å². The molecule has 0 spiro atoms. The number of hydrogen-bond acceptors (Lipinski definition) is 31. The third-order valence-electron chi connectivity index (χ3n) is 41.6. The van der Waals surface area contributed by atoms with E-state index in [0.29, 0.717) is 88.9 Å². The van der Waals surface area contributed by atoms with Gasteiger partial charge in [-0.25, -0.2) is 4.79 Å². The molecule has 31 nitrogen and oxygen atoms in total. The van der Waals surface area contributed by atoms with E-state index in [1.54, 1.807) is 13.8 Å². The lowest BCUT2D eigenvalue weighted by atomic mass is 9.52. The largest absolute Gasteiger partial charge is 0.462 e. The second-order valence-corrected chi connectivity index (χ2v) is 53.1. The van der Waals surface area contributed by atoms with Crippen LogP contribution in [0.1, 0.15) is 441 Å². The maximum Gasteiger partial charge on any atom is 0.344 e. The Morgan fingerprint density at radius 1 is 0.302 bits per heavy atom. The van der Waals surface area contributed by atoms with Crippen molar-refractivity contribution in [2.24, 2.45) is 113 Å². The first-order valence-electron chi connectivity index (χ1n) is 57.9. The normalized spacial score (nSPS) is 36.2. The van der Waals surface area contributed by atoms with E-state index in [-0.39, 0.29) is 101 Å². The molecule has 4 aliphatic heterocycles. The molecular formula is C118H178O31. The van der Waals surface area contributed by atoms with Gasteiger partial charge in [0.1, 0.15) is 82.9 Å². The van der Waals surface area contributed by atoms with E-state index in [9.17, 15) is 77.0 Å². The van der Waals surface area contributed by atoms with Crippen LogP contribution in [0.2, 0.25) is 0 Å². The number of carbonyl (C=O) groups is 15. The standard InChI is InChI=1S/C24H34O8.3C22H32O6.C16H26O3.C12H22O2/c1-5-22(3,4)19(26)29-13-16(25)30-17-14-11-15-18(17)31-20(27)24(15,12-14)21(28)32-23(6-2)9-7-8-10-23;3*1-5-20(3,4)17(23)26-15-13-11-14-16(15)27-18(24)22(14,12-13)19(25)28-21(6-2)9-7-8-10-21;1-4-14(2,3)13(17)19-16-8-11-5-12(9-16)7-15(18,6-11)10-16;1-4-12(2,3)11(13)14-10-8-6-5-7-9-10/h14-15,17-18H,5-13H2,1-4H3;3*13-16H,5-12H2,1-4H3;11-12,18H,4-10H2,1-3H3;10H,4-9H2,1-3H3. The lowest BCUT2D eigenvalue weighted by Gasteiger charge is -2.59. The van der Waals surface area contributed by atoms with E-state index in [0.717, 1.165) is 180 Å². The zero-order chi connectivity index (χ0) is 109. The van der Waals surface area contributed by atoms with Crippen molar-refractivity contribution in [3.63, 3.8) is 0 Å². The van der Waals surface area contributed by atoms with Gasteiger partial charge in [-0.05, 0) is 371 Å². The lowest BCUT2D eigenvalue weighted by molar-refractivity contribution is -0.225. The molecule has 21 rings (SSSR count). The number of aliphatic hydroxyl groups is 1. The Labute approximate surface area is 882 Å². The Morgan fingerprint density at radius 2 is 0.557 bits per heavy atom. The van der Waals surface area contributed by atoms with E-state index >= 15 is 0 Å². The van der Waals surface area contributed by atoms with E-state index in [1.165, 1.54) is 25.7 Å². The zero-order valence-corrected chi connectivity index (χ0v) is 93.7. The summed E-state index contributed by atoms with van der Waals surface area (Å²) in [6, 6.07) is 0. The Balaban J connectivity index is 0.000000136. The van der Waals surface area contributed by atoms with Crippen LogP contribution < -0.4 is 0 Å². The second-order valence-electron chi connectivity index (χ2n) is 53.1. The average molecular weight is 2090 g/mol. The minimum absolute atomic E-state index is 0.0214. The van der Waals surface area contributed by atoms with Crippen molar-refractivity contribution in [3.05, 3.63) is 0 Å². The molecule has 4 heterocycles. The van der Waals surface area contributed by atoms with Crippen LogP contribution in [-0.4, -0.2) is 190 Å². The van der Waals surface area contributed by atoms with Gasteiger partial charge >= 0.3 is 89.5 Å². The van der Waals surface area contributed by atoms with E-state index in [4.69, 9.17) is 71.1 Å². The molecule has 0 aromatic heterocycles. The number of ether oxygens (including phenoxy) is 15. The van der Waals surface area contributed by atoms with Crippen LogP contribution in [0.4, 0.5) is 0 Å². The molecular weight excluding hydrogens is 1910 g/mol. The number of esters is 15. The highest BCUT2D eigenvalue weighted by molar-refractivity contribution is 6.06. The van der Waals surface area contributed by atoms with Gasteiger partial charge in [0.15, 0.2) is 28.3 Å². The van der Waals surface area contributed by atoms with Crippen molar-refractivity contribution in [2.75, 3.05) is 6.61 Å². The molecule has 17 saturated carbocycles. The van der Waals surface area contributed by atoms with Crippen LogP contribution in [0.25, 0.3) is 0 Å². The van der Waals surface area contributed by atoms with Crippen LogP contribution in [0.3, 0.4) is 0 Å². The Morgan fingerprint density at radius 3 is 0.819 bits per heavy atom. The van der Waals surface area contributed by atoms with E-state index in [1.807, 2.05) is 138 Å². The summed E-state index contributed by atoms with van der Waals surface area (Å²) in [7, 11) is 0. The van der Waals surface area contributed by atoms with Gasteiger partial charge in [0.05, 0.1) is 38.1 Å². The second kappa shape index (κ2) is 42.9. The smallest absolute Gasteiger partial charge is 0.344 e. The summed E-state index contributed by atoms with van der Waals surface area (Å²) in [5, 5.41) is 10.6. The third-order valence-corrected chi connectivity index (χ3v) is 41.6. The SMILES string of the molecule is CCC(C)(C)C(=O)OC12CC3CC(CC(O)(C3)C1)C2.CCC(C)(C)C(=O)OC1CCCCC1.CCC1(OC(=O)C23CC4CC2C(OC3=O)C4OC(=O)C(C)(C)CC)CCCC1.CCC1(OC(=O)C23CC4CC2C(OC3=O)C4OC(=O)C(C)(C)CC)CCCC1.CCC1(OC(=O)C23CC4CC2C(OC3=O)C4OC(=O)C(C)(C)CC)CCCC1.CCC1(OC(=O)C23CC4CC2C(OC3=O)C4OC(=O)COC(=O)C(C)(C)CC)CCCC1. The Kier molecular flexibility index (Phi) is 33.2. The third kappa shape index (κ3) is 21.3. The van der Waals surface area contributed by atoms with Crippen molar-refractivity contribution >= 4 is 89.5 Å². The topological polar surface area (TPSA) is 415 Å². The summed E-state index contributed by atoms with van der Waals surface area (Å²) in [5.74, 6) is -5.89. The molecule has 836 valence electrons. The van der Waals surface area contributed by atoms with Gasteiger partial charge in [0.25, 0.3) is 0 Å². The molecule has 21 fully saturated rings. The summed E-state index contributed by atoms with van der Waals surface area (Å²) in [5.41, 5.74) is -10.6. The Hall–Kier alpha value is -7.99. The molecule has 149 heavy (non-hydrogen) atoms. The molecule has 0 aromatic rings. The summed E-state index contributed by atoms with van der Waals surface area (Å²) >= 11 is 0. The van der Waals surface area contributed by atoms with Gasteiger partial charge in [0, 0.05) is 53.8 Å². The van der Waals surface area contributed by atoms with E-state index in [2.05, 4.69) is 0 Å². The van der Waals surface area contributed by atoms with Crippen LogP contribution in [0, 0.1) is 113 Å². The van der Waals surface area contributed by atoms with Crippen molar-refractivity contribution < 1.29 is 148 Å². The van der Waals surface area contributed by atoms with Gasteiger partial charge in [-0.2, -0.15) is 0 Å². The predicted octanol–water partition coefficient (Wildman–Crippen LogP) is 20.1. The molecule has 21 aliphatic rings. The van der Waals surface area contributed by atoms with Gasteiger partial charge in [-0.15, -0.1) is 0 Å². The molecule has 1 N–H and O–H groups in total. The molecule has 0 amide bonds. The van der Waals surface area contributed by atoms with Crippen molar-refractivity contribution in [2.45, 2.75) is 530 Å². The molecule has 0 radical (unpaired) electrons. The molecule has 31 heteroatoms. The summed E-state index contributed by atoms with van der Waals surface area (Å²) in [6.07, 6.45) is 34.0. The lowest BCUT2D eigenvalue weighted by Crippen LogP contribution is -2.61. The molecule has 0 aromatic carbocycles. The minimum atomic E-state index is -1.28. The van der Waals surface area contributed by atoms with E-state index < -0.39 is 192 Å². The highest BCUT2D eigenvalue weighted by Gasteiger charge is 2.81. The summed E-state index contributed by atoms with van der Waals surface area (Å²) in [6.45, 7) is 41.9. The fraction of sp³-hybridized carbons (Fsp3) is 0.873. The first kappa shape index (κ1) is 115. The average Bonchev–Trinajstić information content (AvgIpc) is 1.54. The summed E-state index contributed by atoms with van der Waals surface area (Å²) in [4.78, 5) is 191. The fourth-order valence-electron chi connectivity index (χ4n) is 29.4. The van der Waals surface area contributed by atoms with Crippen molar-refractivity contribution in [3.8, 4) is 0 Å². The van der Waals surface area contributed by atoms with Gasteiger partial charge in [-0.1, -0.05) is 75.7 Å². The number of hydrogen-bond donors (Lipinski definition) is 1. The fourth-order valence-corrected chi connectivity index (χ4v) is 29.4. The molecule has 4 saturated heterocycles. The highest BCUT2D eigenvalue weighted by atomic mass is 16.7. The maximum atomic E-state index is 13.3. The van der Waals surface area contributed by atoms with Crippen LogP contribution in [-0.2, 0) is 143 Å². The number of fused-ring (bicyclic) bond motifs is 4. The monoisotopic (exact) mass is 2090 g/mol. The molecule has 17 aliphatic carbocycles. The van der Waals surface area contributed by atoms with Crippen molar-refractivity contribution in [1.82, 2.24) is 0 Å². The predicted molar refractivity (Wildman–Crippen MR) is 541 cm³/mol. The molecule has 22 unspecified atom stereocenters. The maximum absolute atomic E-state index is 13.3. The van der Waals surface area contributed by atoms with Crippen molar-refractivity contribution in [1.29, 1.82) is 0 Å². The first-order valence-corrected chi connectivity index (χ1v) is 57.9. The minimum Gasteiger partial charge on any atom is -0.462 e. The number of carbonyl (C=O) groups excluding carboxylic acids is 15. The van der Waals surface area contributed by atoms with Crippen LogP contribution >= 0.6 is 0 Å². The number of rotatable bonds is 32. The molecule has 22 atom stereocenters. The quantitative estimate of drug-likeness (QED) is 0.0371. The molecule has 12 bridgehead atoms. The Bertz CT molecular complexity index is 4700. The summed E-state index contributed by atoms with van der Waals surface area (Å²) < 4.78 is 86.1. The van der Waals surface area contributed by atoms with Gasteiger partial charge in [0.2, 0.25) is 0 Å².